The standard InChI is InChI=1S/C13H13N3S/c1-9-4-2-3-5-11(9)16-12-8-10(13(14)17)6-7-15-12/h2-8H,1H3,(H2,14,17)(H,15,16). The second-order valence-corrected chi connectivity index (χ2v) is 4.17. The molecule has 0 atom stereocenters. The van der Waals surface area contributed by atoms with Gasteiger partial charge in [0.05, 0.1) is 0 Å². The topological polar surface area (TPSA) is 50.9 Å². The van der Waals surface area contributed by atoms with E-state index >= 15 is 0 Å². The van der Waals surface area contributed by atoms with Gasteiger partial charge in [-0.15, -0.1) is 0 Å². The number of aryl methyl sites for hydroxylation is 1. The molecule has 4 heteroatoms. The maximum Gasteiger partial charge on any atom is 0.130 e. The van der Waals surface area contributed by atoms with Crippen LogP contribution >= 0.6 is 12.2 Å². The number of hydrogen-bond donors (Lipinski definition) is 2. The summed E-state index contributed by atoms with van der Waals surface area (Å²) in [6, 6.07) is 11.7. The van der Waals surface area contributed by atoms with E-state index in [9.17, 15) is 0 Å². The smallest absolute Gasteiger partial charge is 0.130 e. The fourth-order valence-corrected chi connectivity index (χ4v) is 1.63. The van der Waals surface area contributed by atoms with Crippen LogP contribution in [0.3, 0.4) is 0 Å². The minimum Gasteiger partial charge on any atom is -0.389 e. The number of hydrogen-bond acceptors (Lipinski definition) is 3. The summed E-state index contributed by atoms with van der Waals surface area (Å²) in [7, 11) is 0. The monoisotopic (exact) mass is 243 g/mol. The largest absolute Gasteiger partial charge is 0.389 e. The third-order valence-corrected chi connectivity index (χ3v) is 2.69. The van der Waals surface area contributed by atoms with Crippen LogP contribution in [0.25, 0.3) is 0 Å². The molecular formula is C13H13N3S. The summed E-state index contributed by atoms with van der Waals surface area (Å²) in [6.07, 6.45) is 1.69. The molecule has 86 valence electrons. The van der Waals surface area contributed by atoms with E-state index in [1.807, 2.05) is 37.3 Å². The number of benzene rings is 1. The Hall–Kier alpha value is -1.94. The molecule has 0 aliphatic carbocycles. The number of rotatable bonds is 3. The van der Waals surface area contributed by atoms with Crippen LogP contribution in [0.1, 0.15) is 11.1 Å². The van der Waals surface area contributed by atoms with Crippen molar-refractivity contribution in [3.8, 4) is 0 Å². The van der Waals surface area contributed by atoms with Gasteiger partial charge >= 0.3 is 0 Å². The van der Waals surface area contributed by atoms with Crippen molar-refractivity contribution in [1.82, 2.24) is 4.98 Å². The first-order valence-corrected chi connectivity index (χ1v) is 5.66. The normalized spacial score (nSPS) is 9.94. The van der Waals surface area contributed by atoms with Crippen molar-refractivity contribution in [1.29, 1.82) is 0 Å². The molecule has 0 saturated heterocycles. The summed E-state index contributed by atoms with van der Waals surface area (Å²) >= 11 is 4.93. The predicted molar refractivity (Wildman–Crippen MR) is 74.6 cm³/mol. The van der Waals surface area contributed by atoms with E-state index in [0.29, 0.717) is 4.99 Å². The Balaban J connectivity index is 2.28. The number of para-hydroxylation sites is 1. The quantitative estimate of drug-likeness (QED) is 0.814. The van der Waals surface area contributed by atoms with E-state index in [0.717, 1.165) is 22.6 Å². The fourth-order valence-electron chi connectivity index (χ4n) is 1.50. The van der Waals surface area contributed by atoms with Gasteiger partial charge in [-0.05, 0) is 30.7 Å². The van der Waals surface area contributed by atoms with Crippen molar-refractivity contribution in [2.75, 3.05) is 5.32 Å². The van der Waals surface area contributed by atoms with E-state index in [-0.39, 0.29) is 0 Å². The van der Waals surface area contributed by atoms with Crippen LogP contribution in [0.15, 0.2) is 42.6 Å². The average Bonchev–Trinajstić information content (AvgIpc) is 2.32. The molecule has 0 saturated carbocycles. The Morgan fingerprint density at radius 2 is 2.06 bits per heavy atom. The molecule has 2 aromatic rings. The Morgan fingerprint density at radius 1 is 1.29 bits per heavy atom. The predicted octanol–water partition coefficient (Wildman–Crippen LogP) is 2.77. The molecule has 3 nitrogen and oxygen atoms in total. The molecule has 1 aromatic carbocycles. The lowest BCUT2D eigenvalue weighted by Crippen LogP contribution is -2.09. The molecule has 0 unspecified atom stereocenters. The van der Waals surface area contributed by atoms with Gasteiger partial charge in [0.25, 0.3) is 0 Å². The molecule has 0 fully saturated rings. The number of thiocarbonyl (C=S) groups is 1. The number of pyridine rings is 1. The van der Waals surface area contributed by atoms with Crippen molar-refractivity contribution in [2.45, 2.75) is 6.92 Å². The summed E-state index contributed by atoms with van der Waals surface area (Å²) in [5, 5.41) is 3.24. The highest BCUT2D eigenvalue weighted by molar-refractivity contribution is 7.80. The Bertz CT molecular complexity index is 552. The van der Waals surface area contributed by atoms with E-state index in [1.54, 1.807) is 12.3 Å². The maximum atomic E-state index is 5.58. The van der Waals surface area contributed by atoms with Gasteiger partial charge in [-0.25, -0.2) is 4.98 Å². The summed E-state index contributed by atoms with van der Waals surface area (Å²) in [5.74, 6) is 0.740. The highest BCUT2D eigenvalue weighted by Crippen LogP contribution is 2.18. The van der Waals surface area contributed by atoms with Crippen molar-refractivity contribution in [3.63, 3.8) is 0 Å². The van der Waals surface area contributed by atoms with Gasteiger partial charge in [0.2, 0.25) is 0 Å². The van der Waals surface area contributed by atoms with Crippen molar-refractivity contribution in [3.05, 3.63) is 53.7 Å². The van der Waals surface area contributed by atoms with Gasteiger partial charge < -0.3 is 11.1 Å². The maximum absolute atomic E-state index is 5.58. The first-order chi connectivity index (χ1) is 8.16. The number of nitrogens with one attached hydrogen (secondary N) is 1. The lowest BCUT2D eigenvalue weighted by atomic mass is 10.2. The molecule has 1 heterocycles. The zero-order valence-electron chi connectivity index (χ0n) is 9.47. The Morgan fingerprint density at radius 3 is 2.76 bits per heavy atom. The van der Waals surface area contributed by atoms with Crippen molar-refractivity contribution < 1.29 is 0 Å². The van der Waals surface area contributed by atoms with Crippen LogP contribution in [0.2, 0.25) is 0 Å². The fraction of sp³-hybridized carbons (Fsp3) is 0.0769. The van der Waals surface area contributed by atoms with Crippen LogP contribution in [0.5, 0.6) is 0 Å². The minimum atomic E-state index is 0.375. The molecule has 17 heavy (non-hydrogen) atoms. The van der Waals surface area contributed by atoms with E-state index < -0.39 is 0 Å². The summed E-state index contributed by atoms with van der Waals surface area (Å²) < 4.78 is 0. The van der Waals surface area contributed by atoms with Gasteiger partial charge in [-0.2, -0.15) is 0 Å². The molecule has 2 rings (SSSR count). The molecule has 0 bridgehead atoms. The van der Waals surface area contributed by atoms with E-state index in [4.69, 9.17) is 18.0 Å². The summed E-state index contributed by atoms with van der Waals surface area (Å²) in [5.41, 5.74) is 8.58. The summed E-state index contributed by atoms with van der Waals surface area (Å²) in [6.45, 7) is 2.04. The van der Waals surface area contributed by atoms with Crippen molar-refractivity contribution >= 4 is 28.7 Å². The first-order valence-electron chi connectivity index (χ1n) is 5.25. The minimum absolute atomic E-state index is 0.375. The van der Waals surface area contributed by atoms with Gasteiger partial charge in [0, 0.05) is 17.4 Å². The molecular weight excluding hydrogens is 230 g/mol. The molecule has 0 amide bonds. The highest BCUT2D eigenvalue weighted by atomic mass is 32.1. The number of aromatic nitrogens is 1. The van der Waals surface area contributed by atoms with Crippen LogP contribution in [0.4, 0.5) is 11.5 Å². The lowest BCUT2D eigenvalue weighted by molar-refractivity contribution is 1.29. The summed E-state index contributed by atoms with van der Waals surface area (Å²) in [4.78, 5) is 4.61. The molecule has 0 aliphatic rings. The number of anilines is 2. The lowest BCUT2D eigenvalue weighted by Gasteiger charge is -2.09. The Kier molecular flexibility index (Phi) is 3.35. The Labute approximate surface area is 106 Å². The molecule has 3 N–H and O–H groups in total. The van der Waals surface area contributed by atoms with Gasteiger partial charge in [-0.3, -0.25) is 0 Å². The molecule has 0 spiro atoms. The van der Waals surface area contributed by atoms with E-state index in [1.165, 1.54) is 0 Å². The van der Waals surface area contributed by atoms with Gasteiger partial charge in [0.1, 0.15) is 10.8 Å². The van der Waals surface area contributed by atoms with E-state index in [2.05, 4.69) is 10.3 Å². The second-order valence-electron chi connectivity index (χ2n) is 3.73. The molecule has 0 radical (unpaired) electrons. The van der Waals surface area contributed by atoms with Crippen LogP contribution in [-0.4, -0.2) is 9.97 Å². The van der Waals surface area contributed by atoms with Crippen LogP contribution in [0, 0.1) is 6.92 Å². The average molecular weight is 243 g/mol. The van der Waals surface area contributed by atoms with Gasteiger partial charge in [-0.1, -0.05) is 30.4 Å². The van der Waals surface area contributed by atoms with Crippen molar-refractivity contribution in [2.24, 2.45) is 5.73 Å². The zero-order chi connectivity index (χ0) is 12.3. The highest BCUT2D eigenvalue weighted by Gasteiger charge is 2.01. The SMILES string of the molecule is Cc1ccccc1Nc1cc(C(N)=S)ccn1. The zero-order valence-corrected chi connectivity index (χ0v) is 10.3. The third-order valence-electron chi connectivity index (χ3n) is 2.45. The molecule has 0 aliphatic heterocycles. The van der Waals surface area contributed by atoms with Crippen LogP contribution < -0.4 is 11.1 Å². The first kappa shape index (κ1) is 11.5. The second kappa shape index (κ2) is 4.93. The number of nitrogens with two attached hydrogens (primary N) is 1. The van der Waals surface area contributed by atoms with Crippen LogP contribution in [-0.2, 0) is 0 Å². The van der Waals surface area contributed by atoms with Gasteiger partial charge in [0.15, 0.2) is 0 Å². The third kappa shape index (κ3) is 2.79. The number of nitrogens with zero attached hydrogens (tertiary/aromatic N) is 1. The molecule has 1 aromatic heterocycles.